The Morgan fingerprint density at radius 1 is 0.833 bits per heavy atom. The zero-order valence-corrected chi connectivity index (χ0v) is 27.6. The van der Waals surface area contributed by atoms with Gasteiger partial charge in [0.1, 0.15) is 0 Å². The van der Waals surface area contributed by atoms with Crippen LogP contribution in [0, 0.1) is 5.92 Å². The van der Waals surface area contributed by atoms with Crippen molar-refractivity contribution in [2.45, 2.75) is 136 Å². The van der Waals surface area contributed by atoms with Crippen molar-refractivity contribution in [3.05, 3.63) is 24.1 Å². The summed E-state index contributed by atoms with van der Waals surface area (Å²) in [4.78, 5) is 35.1. The van der Waals surface area contributed by atoms with E-state index in [1.54, 1.807) is 13.0 Å². The maximum atomic E-state index is 13.2. The molecule has 0 aromatic rings. The van der Waals surface area contributed by atoms with Crippen LogP contribution in [0.5, 0.6) is 0 Å². The van der Waals surface area contributed by atoms with Crippen LogP contribution in [0.25, 0.3) is 0 Å². The van der Waals surface area contributed by atoms with E-state index in [4.69, 9.17) is 5.11 Å². The minimum absolute atomic E-state index is 0.0106. The quantitative estimate of drug-likeness (QED) is 0.0590. The molecule has 0 aromatic heterocycles. The SMILES string of the molecule is CCCCCCCCCCCCCCCC=CC(=O)O.CCOC(=O)C(F)=CCCCCNC(=O)C(C)CCN(C)C. The van der Waals surface area contributed by atoms with Crippen molar-refractivity contribution in [1.82, 2.24) is 10.2 Å². The van der Waals surface area contributed by atoms with E-state index in [1.165, 1.54) is 89.2 Å². The molecule has 0 saturated heterocycles. The maximum absolute atomic E-state index is 13.2. The molecule has 246 valence electrons. The number of hydrogen-bond donors (Lipinski definition) is 2. The summed E-state index contributed by atoms with van der Waals surface area (Å²) in [6.45, 7) is 7.43. The highest BCUT2D eigenvalue weighted by molar-refractivity contribution is 5.85. The van der Waals surface area contributed by atoms with Crippen LogP contribution >= 0.6 is 0 Å². The van der Waals surface area contributed by atoms with Gasteiger partial charge >= 0.3 is 11.9 Å². The number of ether oxygens (including phenoxy) is 1. The molecule has 0 saturated carbocycles. The highest BCUT2D eigenvalue weighted by atomic mass is 19.1. The Labute approximate surface area is 256 Å². The minimum Gasteiger partial charge on any atom is -0.478 e. The summed E-state index contributed by atoms with van der Waals surface area (Å²) in [5.41, 5.74) is 0. The van der Waals surface area contributed by atoms with Gasteiger partial charge in [0.05, 0.1) is 6.61 Å². The fourth-order valence-corrected chi connectivity index (χ4v) is 4.21. The zero-order chi connectivity index (χ0) is 31.8. The van der Waals surface area contributed by atoms with Gasteiger partial charge in [0.25, 0.3) is 0 Å². The van der Waals surface area contributed by atoms with Crippen LogP contribution < -0.4 is 5.32 Å². The van der Waals surface area contributed by atoms with Crippen LogP contribution in [0.2, 0.25) is 0 Å². The third kappa shape index (κ3) is 32.3. The van der Waals surface area contributed by atoms with Crippen LogP contribution in [0.4, 0.5) is 4.39 Å². The maximum Gasteiger partial charge on any atom is 0.366 e. The van der Waals surface area contributed by atoms with Gasteiger partial charge in [0.15, 0.2) is 0 Å². The smallest absolute Gasteiger partial charge is 0.366 e. The monoisotopic (exact) mass is 598 g/mol. The number of amides is 1. The molecule has 0 heterocycles. The zero-order valence-electron chi connectivity index (χ0n) is 27.6. The summed E-state index contributed by atoms with van der Waals surface area (Å²) in [7, 11) is 3.96. The first kappa shape index (κ1) is 41.9. The topological polar surface area (TPSA) is 95.9 Å². The van der Waals surface area contributed by atoms with Crippen LogP contribution in [-0.4, -0.2) is 61.6 Å². The second-order valence-electron chi connectivity index (χ2n) is 11.3. The van der Waals surface area contributed by atoms with E-state index in [9.17, 15) is 18.8 Å². The van der Waals surface area contributed by atoms with Crippen molar-refractivity contribution in [1.29, 1.82) is 0 Å². The van der Waals surface area contributed by atoms with Gasteiger partial charge in [-0.3, -0.25) is 4.79 Å². The first-order chi connectivity index (χ1) is 20.1. The lowest BCUT2D eigenvalue weighted by atomic mass is 10.0. The van der Waals surface area contributed by atoms with Crippen molar-refractivity contribution in [2.24, 2.45) is 5.92 Å². The van der Waals surface area contributed by atoms with Gasteiger partial charge in [-0.05, 0) is 72.2 Å². The van der Waals surface area contributed by atoms with Gasteiger partial charge < -0.3 is 20.1 Å². The molecule has 0 fully saturated rings. The number of esters is 1. The molecule has 8 heteroatoms. The summed E-state index contributed by atoms with van der Waals surface area (Å²) in [6.07, 6.45) is 25.5. The number of carbonyl (C=O) groups is 3. The van der Waals surface area contributed by atoms with Crippen LogP contribution in [0.3, 0.4) is 0 Å². The third-order valence-corrected chi connectivity index (χ3v) is 6.92. The first-order valence-corrected chi connectivity index (χ1v) is 16.5. The lowest BCUT2D eigenvalue weighted by Crippen LogP contribution is -2.31. The highest BCUT2D eigenvalue weighted by Gasteiger charge is 2.12. The van der Waals surface area contributed by atoms with Gasteiger partial charge in [-0.25, -0.2) is 9.59 Å². The molecule has 0 spiro atoms. The van der Waals surface area contributed by atoms with Gasteiger partial charge in [0, 0.05) is 18.5 Å². The van der Waals surface area contributed by atoms with E-state index >= 15 is 0 Å². The number of carbonyl (C=O) groups excluding carboxylic acids is 2. The molecule has 0 aliphatic rings. The van der Waals surface area contributed by atoms with Gasteiger partial charge in [-0.1, -0.05) is 97.0 Å². The predicted octanol–water partition coefficient (Wildman–Crippen LogP) is 8.39. The Balaban J connectivity index is 0. The number of unbranched alkanes of at least 4 members (excludes halogenated alkanes) is 15. The molecule has 2 N–H and O–H groups in total. The molecule has 0 aliphatic carbocycles. The van der Waals surface area contributed by atoms with Crippen molar-refractivity contribution >= 4 is 17.8 Å². The number of allylic oxidation sites excluding steroid dienone is 2. The molecule has 0 bridgehead atoms. The molecule has 1 amide bonds. The number of halogens is 1. The van der Waals surface area contributed by atoms with E-state index in [-0.39, 0.29) is 18.4 Å². The lowest BCUT2D eigenvalue weighted by Gasteiger charge is -2.15. The molecule has 42 heavy (non-hydrogen) atoms. The van der Waals surface area contributed by atoms with Crippen molar-refractivity contribution in [3.63, 3.8) is 0 Å². The molecule has 1 unspecified atom stereocenters. The largest absolute Gasteiger partial charge is 0.478 e. The second kappa shape index (κ2) is 31.7. The van der Waals surface area contributed by atoms with Crippen LogP contribution in [-0.2, 0) is 19.1 Å². The van der Waals surface area contributed by atoms with E-state index in [1.807, 2.05) is 25.9 Å². The van der Waals surface area contributed by atoms with Gasteiger partial charge in [0.2, 0.25) is 11.7 Å². The normalized spacial score (nSPS) is 12.2. The number of nitrogens with one attached hydrogen (secondary N) is 1. The van der Waals surface area contributed by atoms with Gasteiger partial charge in [-0.2, -0.15) is 4.39 Å². The Morgan fingerprint density at radius 3 is 1.86 bits per heavy atom. The number of rotatable bonds is 26. The summed E-state index contributed by atoms with van der Waals surface area (Å²) in [5.74, 6) is -2.55. The molecular formula is C34H63FN2O5. The number of nitrogens with zero attached hydrogens (tertiary/aromatic N) is 1. The Bertz CT molecular complexity index is 725. The third-order valence-electron chi connectivity index (χ3n) is 6.92. The summed E-state index contributed by atoms with van der Waals surface area (Å²) in [6, 6.07) is 0. The summed E-state index contributed by atoms with van der Waals surface area (Å²) < 4.78 is 17.7. The molecule has 1 atom stereocenters. The number of hydrogen-bond acceptors (Lipinski definition) is 5. The molecule has 0 radical (unpaired) electrons. The Hall–Kier alpha value is -2.22. The first-order valence-electron chi connectivity index (χ1n) is 16.5. The predicted molar refractivity (Wildman–Crippen MR) is 172 cm³/mol. The molecular weight excluding hydrogens is 535 g/mol. The fourth-order valence-electron chi connectivity index (χ4n) is 4.21. The van der Waals surface area contributed by atoms with E-state index in [0.29, 0.717) is 19.4 Å². The van der Waals surface area contributed by atoms with Crippen LogP contribution in [0.1, 0.15) is 136 Å². The molecule has 0 aromatic carbocycles. The Kier molecular flexibility index (Phi) is 31.6. The second-order valence-corrected chi connectivity index (χ2v) is 11.3. The number of carboxylic acid groups (broad SMARTS) is 1. The average molecular weight is 599 g/mol. The van der Waals surface area contributed by atoms with Crippen molar-refractivity contribution in [2.75, 3.05) is 33.8 Å². The van der Waals surface area contributed by atoms with Crippen molar-refractivity contribution < 1.29 is 28.6 Å². The highest BCUT2D eigenvalue weighted by Crippen LogP contribution is 2.13. The lowest BCUT2D eigenvalue weighted by molar-refractivity contribution is -0.140. The van der Waals surface area contributed by atoms with E-state index in [2.05, 4.69) is 17.0 Å². The average Bonchev–Trinajstić information content (AvgIpc) is 2.95. The van der Waals surface area contributed by atoms with E-state index in [0.717, 1.165) is 32.2 Å². The van der Waals surface area contributed by atoms with E-state index < -0.39 is 17.8 Å². The standard InChI is InChI=1S/C18H34O2.C16H29FN2O3/c1-2-3-4-5-6-7-8-9-10-11-12-13-14-15-16-17-18(19)20;1-5-22-16(21)14(17)9-7-6-8-11-18-15(20)13(2)10-12-19(3)4/h16-17H,2-15H2,1H3,(H,19,20);9,13H,5-8,10-12H2,1-4H3,(H,18,20). The molecule has 0 aliphatic heterocycles. The van der Waals surface area contributed by atoms with Gasteiger partial charge in [-0.15, -0.1) is 0 Å². The number of aliphatic carboxylic acids is 1. The summed E-state index contributed by atoms with van der Waals surface area (Å²) >= 11 is 0. The summed E-state index contributed by atoms with van der Waals surface area (Å²) in [5, 5.41) is 11.3. The molecule has 7 nitrogen and oxygen atoms in total. The number of carboxylic acids is 1. The molecule has 0 rings (SSSR count). The van der Waals surface area contributed by atoms with Crippen LogP contribution in [0.15, 0.2) is 24.1 Å². The van der Waals surface area contributed by atoms with Crippen molar-refractivity contribution in [3.8, 4) is 0 Å². The fraction of sp³-hybridized carbons (Fsp3) is 0.794. The minimum atomic E-state index is -0.912. The Morgan fingerprint density at radius 2 is 1.36 bits per heavy atom.